The van der Waals surface area contributed by atoms with Crippen LogP contribution in [0.3, 0.4) is 0 Å². The second-order valence-corrected chi connectivity index (χ2v) is 7.30. The smallest absolute Gasteiger partial charge is 0.279 e. The van der Waals surface area contributed by atoms with Crippen LogP contribution < -0.4 is 15.4 Å². The van der Waals surface area contributed by atoms with E-state index in [4.69, 9.17) is 4.74 Å². The lowest BCUT2D eigenvalue weighted by Gasteiger charge is -2.13. The molecule has 4 nitrogen and oxygen atoms in total. The summed E-state index contributed by atoms with van der Waals surface area (Å²) in [7, 11) is 1.65. The van der Waals surface area contributed by atoms with E-state index in [2.05, 4.69) is 54.2 Å². The van der Waals surface area contributed by atoms with Crippen LogP contribution in [0.4, 0.5) is 5.69 Å². The van der Waals surface area contributed by atoms with Gasteiger partial charge in [0.1, 0.15) is 11.8 Å². The molecular weight excluding hydrogens is 380 g/mol. The molecule has 25 heavy (non-hydrogen) atoms. The third-order valence-corrected chi connectivity index (χ3v) is 4.84. The van der Waals surface area contributed by atoms with Crippen molar-refractivity contribution in [2.75, 3.05) is 19.0 Å². The number of ether oxygens (including phenoxy) is 1. The molecule has 0 heterocycles. The summed E-state index contributed by atoms with van der Waals surface area (Å²) in [5.41, 5.74) is 3.24. The normalized spacial score (nSPS) is 12.1. The van der Waals surface area contributed by atoms with E-state index in [1.807, 2.05) is 35.6 Å². The molecule has 0 bridgehead atoms. The van der Waals surface area contributed by atoms with Crippen molar-refractivity contribution in [1.29, 1.82) is 0 Å². The van der Waals surface area contributed by atoms with Crippen LogP contribution in [0.5, 0.6) is 5.75 Å². The molecule has 0 aliphatic carbocycles. The highest BCUT2D eigenvalue weighted by Gasteiger charge is 2.13. The highest BCUT2D eigenvalue weighted by molar-refractivity contribution is 9.10. The molecule has 0 aliphatic heterocycles. The molecule has 0 saturated heterocycles. The van der Waals surface area contributed by atoms with Gasteiger partial charge in [-0.3, -0.25) is 4.79 Å². The zero-order valence-corrected chi connectivity index (χ0v) is 16.8. The van der Waals surface area contributed by atoms with Gasteiger partial charge in [0.05, 0.1) is 11.6 Å². The summed E-state index contributed by atoms with van der Waals surface area (Å²) in [6.45, 7) is 6.76. The van der Waals surface area contributed by atoms with Gasteiger partial charge in [-0.15, -0.1) is 0 Å². The van der Waals surface area contributed by atoms with E-state index >= 15 is 0 Å². The van der Waals surface area contributed by atoms with Crippen LogP contribution in [0.2, 0.25) is 0 Å². The summed E-state index contributed by atoms with van der Waals surface area (Å²) < 4.78 is 6.17. The van der Waals surface area contributed by atoms with Gasteiger partial charge < -0.3 is 15.4 Å². The Bertz CT molecular complexity index is 714. The van der Waals surface area contributed by atoms with Crippen LogP contribution in [0.15, 0.2) is 46.9 Å². The number of carbonyl (C=O) groups excluding carboxylic acids is 1. The van der Waals surface area contributed by atoms with Gasteiger partial charge in [-0.1, -0.05) is 26.0 Å². The van der Waals surface area contributed by atoms with E-state index in [1.54, 1.807) is 7.11 Å². The average Bonchev–Trinajstić information content (AvgIpc) is 2.60. The first-order chi connectivity index (χ1) is 11.9. The highest BCUT2D eigenvalue weighted by atomic mass is 79.9. The second kappa shape index (κ2) is 9.02. The first-order valence-corrected chi connectivity index (χ1v) is 9.26. The minimum atomic E-state index is -0.00303. The van der Waals surface area contributed by atoms with Gasteiger partial charge in [-0.2, -0.15) is 0 Å². The number of quaternary nitrogens is 1. The average molecular weight is 406 g/mol. The minimum absolute atomic E-state index is 0.00303. The van der Waals surface area contributed by atoms with Gasteiger partial charge in [0.15, 0.2) is 6.54 Å². The summed E-state index contributed by atoms with van der Waals surface area (Å²) in [5.74, 6) is 1.29. The number of hydrogen-bond donors (Lipinski definition) is 2. The van der Waals surface area contributed by atoms with E-state index < -0.39 is 0 Å². The maximum absolute atomic E-state index is 12.2. The number of nitrogens with two attached hydrogens (primary N) is 1. The van der Waals surface area contributed by atoms with Crippen molar-refractivity contribution in [2.24, 2.45) is 0 Å². The number of methoxy groups -OCH3 is 1. The van der Waals surface area contributed by atoms with Gasteiger partial charge >= 0.3 is 0 Å². The number of amides is 1. The minimum Gasteiger partial charge on any atom is -0.496 e. The Kier molecular flexibility index (Phi) is 7.02. The van der Waals surface area contributed by atoms with Crippen molar-refractivity contribution >= 4 is 27.5 Å². The van der Waals surface area contributed by atoms with E-state index in [-0.39, 0.29) is 11.9 Å². The lowest BCUT2D eigenvalue weighted by molar-refractivity contribution is -0.682. The van der Waals surface area contributed by atoms with Gasteiger partial charge in [-0.25, -0.2) is 0 Å². The van der Waals surface area contributed by atoms with Crippen molar-refractivity contribution in [3.8, 4) is 5.75 Å². The number of halogens is 1. The predicted molar refractivity (Wildman–Crippen MR) is 105 cm³/mol. The van der Waals surface area contributed by atoms with E-state index in [0.717, 1.165) is 21.5 Å². The van der Waals surface area contributed by atoms with Crippen LogP contribution in [0, 0.1) is 0 Å². The van der Waals surface area contributed by atoms with Crippen LogP contribution in [-0.4, -0.2) is 19.6 Å². The van der Waals surface area contributed by atoms with E-state index in [1.165, 1.54) is 5.56 Å². The number of anilines is 1. The van der Waals surface area contributed by atoms with Crippen LogP contribution in [0.25, 0.3) is 0 Å². The molecule has 0 aromatic heterocycles. The van der Waals surface area contributed by atoms with Crippen molar-refractivity contribution in [2.45, 2.75) is 32.7 Å². The van der Waals surface area contributed by atoms with E-state index in [9.17, 15) is 4.79 Å². The third kappa shape index (κ3) is 5.58. The molecule has 134 valence electrons. The molecule has 0 fully saturated rings. The molecule has 0 aliphatic rings. The molecule has 2 aromatic carbocycles. The fourth-order valence-electron chi connectivity index (χ4n) is 2.55. The Hall–Kier alpha value is -1.85. The quantitative estimate of drug-likeness (QED) is 0.734. The van der Waals surface area contributed by atoms with Gasteiger partial charge in [0.25, 0.3) is 5.91 Å². The molecule has 0 unspecified atom stereocenters. The topological polar surface area (TPSA) is 54.9 Å². The van der Waals surface area contributed by atoms with Crippen LogP contribution in [0.1, 0.15) is 43.9 Å². The Morgan fingerprint density at radius 1 is 1.12 bits per heavy atom. The summed E-state index contributed by atoms with van der Waals surface area (Å²) in [5, 5.41) is 4.96. The maximum Gasteiger partial charge on any atom is 0.279 e. The lowest BCUT2D eigenvalue weighted by Crippen LogP contribution is -2.86. The summed E-state index contributed by atoms with van der Waals surface area (Å²) >= 11 is 3.50. The van der Waals surface area contributed by atoms with Crippen LogP contribution in [-0.2, 0) is 4.79 Å². The molecule has 2 aromatic rings. The maximum atomic E-state index is 12.2. The molecular formula is C20H26BrN2O2+. The first-order valence-electron chi connectivity index (χ1n) is 8.47. The van der Waals surface area contributed by atoms with Crippen molar-refractivity contribution < 1.29 is 14.8 Å². The summed E-state index contributed by atoms with van der Waals surface area (Å²) in [6.07, 6.45) is 0. The lowest BCUT2D eigenvalue weighted by atomic mass is 10.0. The zero-order valence-electron chi connectivity index (χ0n) is 15.2. The first kappa shape index (κ1) is 19.5. The summed E-state index contributed by atoms with van der Waals surface area (Å²) in [4.78, 5) is 12.2. The molecule has 2 rings (SSSR count). The van der Waals surface area contributed by atoms with Crippen molar-refractivity contribution in [1.82, 2.24) is 0 Å². The standard InChI is InChI=1S/C20H25BrN2O2/c1-13(2)15-5-8-17(9-6-15)23-20(24)12-22-14(3)16-7-10-19(25-4)18(21)11-16/h5-11,13-14,22H,12H2,1-4H3,(H,23,24)/p+1/t14-/m0/s1. The molecule has 0 radical (unpaired) electrons. The van der Waals surface area contributed by atoms with Crippen molar-refractivity contribution in [3.63, 3.8) is 0 Å². The van der Waals surface area contributed by atoms with Gasteiger partial charge in [-0.05, 0) is 64.7 Å². The van der Waals surface area contributed by atoms with Gasteiger partial charge in [0, 0.05) is 11.3 Å². The molecule has 1 amide bonds. The molecule has 3 N–H and O–H groups in total. The molecule has 1 atom stereocenters. The molecule has 0 saturated carbocycles. The Labute approximate surface area is 158 Å². The van der Waals surface area contributed by atoms with Crippen molar-refractivity contribution in [3.05, 3.63) is 58.1 Å². The number of hydrogen-bond acceptors (Lipinski definition) is 2. The Morgan fingerprint density at radius 2 is 1.76 bits per heavy atom. The number of benzene rings is 2. The van der Waals surface area contributed by atoms with Crippen LogP contribution >= 0.6 is 15.9 Å². The highest BCUT2D eigenvalue weighted by Crippen LogP contribution is 2.27. The third-order valence-electron chi connectivity index (χ3n) is 4.22. The largest absolute Gasteiger partial charge is 0.496 e. The Balaban J connectivity index is 1.87. The SMILES string of the molecule is COc1ccc([C@H](C)[NH2+]CC(=O)Nc2ccc(C(C)C)cc2)cc1Br. The van der Waals surface area contributed by atoms with Gasteiger partial charge in [0.2, 0.25) is 0 Å². The fraction of sp³-hybridized carbons (Fsp3) is 0.350. The number of nitrogens with one attached hydrogen (secondary N) is 1. The predicted octanol–water partition coefficient (Wildman–Crippen LogP) is 3.84. The number of rotatable bonds is 7. The molecule has 0 spiro atoms. The Morgan fingerprint density at radius 3 is 2.32 bits per heavy atom. The molecule has 5 heteroatoms. The zero-order chi connectivity index (χ0) is 18.4. The van der Waals surface area contributed by atoms with E-state index in [0.29, 0.717) is 12.5 Å². The second-order valence-electron chi connectivity index (χ2n) is 6.45. The monoisotopic (exact) mass is 405 g/mol. The number of carbonyl (C=O) groups is 1. The summed E-state index contributed by atoms with van der Waals surface area (Å²) in [6, 6.07) is 14.2. The fourth-order valence-corrected chi connectivity index (χ4v) is 3.11.